The van der Waals surface area contributed by atoms with Crippen molar-refractivity contribution < 1.29 is 14.2 Å². The highest BCUT2D eigenvalue weighted by atomic mass is 79.9. The third kappa shape index (κ3) is 3.17. The molecular weight excluding hydrogens is 272 g/mol. The van der Waals surface area contributed by atoms with E-state index in [-0.39, 0.29) is 6.10 Å². The number of hydrogen-bond donors (Lipinski definition) is 0. The molecule has 0 unspecified atom stereocenters. The fourth-order valence-electron chi connectivity index (χ4n) is 1.40. The average Bonchev–Trinajstić information content (AvgIpc) is 2.28. The Hall–Kier alpha value is -1.16. The Kier molecular flexibility index (Phi) is 3.72. The fourth-order valence-corrected chi connectivity index (χ4v) is 1.66. The minimum absolute atomic E-state index is 0.0337. The van der Waals surface area contributed by atoms with Gasteiger partial charge in [-0.25, -0.2) is 0 Å². The summed E-state index contributed by atoms with van der Waals surface area (Å²) in [5, 5.41) is 0. The van der Waals surface area contributed by atoms with Gasteiger partial charge in [0.15, 0.2) is 6.10 Å². The van der Waals surface area contributed by atoms with Crippen LogP contribution in [0.2, 0.25) is 0 Å². The minimum Gasteiger partial charge on any atom is -0.494 e. The predicted molar refractivity (Wildman–Crippen MR) is 64.2 cm³/mol. The zero-order valence-electron chi connectivity index (χ0n) is 8.98. The Balaban J connectivity index is 1.83. The predicted octanol–water partition coefficient (Wildman–Crippen LogP) is 3.10. The molecule has 1 heterocycles. The van der Waals surface area contributed by atoms with Crippen molar-refractivity contribution in [2.75, 3.05) is 13.2 Å². The van der Waals surface area contributed by atoms with Crippen molar-refractivity contribution in [2.45, 2.75) is 13.0 Å². The lowest BCUT2D eigenvalue weighted by Gasteiger charge is -2.23. The molecule has 0 bridgehead atoms. The normalized spacial score (nSPS) is 19.4. The first-order valence-electron chi connectivity index (χ1n) is 5.07. The second-order valence-electron chi connectivity index (χ2n) is 3.57. The fraction of sp³-hybridized carbons (Fsp3) is 0.333. The van der Waals surface area contributed by atoms with E-state index >= 15 is 0 Å². The number of benzene rings is 1. The summed E-state index contributed by atoms with van der Waals surface area (Å²) >= 11 is 3.37. The van der Waals surface area contributed by atoms with Crippen LogP contribution in [0.15, 0.2) is 40.8 Å². The standard InChI is InChI=1S/C12H13BrO3/c1-9-6-14-7-12(16-9)8-15-11-4-2-10(13)3-5-11/h2-6,12H,7-8H2,1H3/t12-/m0/s1. The maximum absolute atomic E-state index is 5.60. The van der Waals surface area contributed by atoms with Crippen molar-refractivity contribution in [2.24, 2.45) is 0 Å². The van der Waals surface area contributed by atoms with Crippen LogP contribution in [0.5, 0.6) is 5.75 Å². The lowest BCUT2D eigenvalue weighted by atomic mass is 10.3. The summed E-state index contributed by atoms with van der Waals surface area (Å²) in [4.78, 5) is 0. The highest BCUT2D eigenvalue weighted by Gasteiger charge is 2.15. The van der Waals surface area contributed by atoms with Crippen molar-refractivity contribution in [3.8, 4) is 5.75 Å². The van der Waals surface area contributed by atoms with E-state index in [0.29, 0.717) is 13.2 Å². The summed E-state index contributed by atoms with van der Waals surface area (Å²) < 4.78 is 17.4. The van der Waals surface area contributed by atoms with Crippen molar-refractivity contribution in [1.29, 1.82) is 0 Å². The molecule has 0 amide bonds. The van der Waals surface area contributed by atoms with Crippen LogP contribution < -0.4 is 4.74 Å². The number of rotatable bonds is 3. The zero-order chi connectivity index (χ0) is 11.4. The molecule has 0 saturated heterocycles. The molecule has 16 heavy (non-hydrogen) atoms. The van der Waals surface area contributed by atoms with Gasteiger partial charge in [0.2, 0.25) is 0 Å². The van der Waals surface area contributed by atoms with E-state index in [1.54, 1.807) is 6.26 Å². The SMILES string of the molecule is CC1=COC[C@@H](COc2ccc(Br)cc2)O1. The molecule has 1 aromatic rings. The Morgan fingerprint density at radius 2 is 2.12 bits per heavy atom. The molecule has 1 aliphatic heterocycles. The topological polar surface area (TPSA) is 27.7 Å². The van der Waals surface area contributed by atoms with Crippen LogP contribution in [0, 0.1) is 0 Å². The van der Waals surface area contributed by atoms with E-state index in [1.165, 1.54) is 0 Å². The summed E-state index contributed by atoms with van der Waals surface area (Å²) in [6, 6.07) is 7.71. The molecule has 2 rings (SSSR count). The first kappa shape index (κ1) is 11.3. The van der Waals surface area contributed by atoms with Gasteiger partial charge in [-0.15, -0.1) is 0 Å². The third-order valence-corrected chi connectivity index (χ3v) is 2.66. The molecular formula is C12H13BrO3. The highest BCUT2D eigenvalue weighted by Crippen LogP contribution is 2.17. The largest absolute Gasteiger partial charge is 0.494 e. The van der Waals surface area contributed by atoms with Gasteiger partial charge in [-0.1, -0.05) is 15.9 Å². The molecule has 0 aliphatic carbocycles. The van der Waals surface area contributed by atoms with Crippen LogP contribution in [0.25, 0.3) is 0 Å². The van der Waals surface area contributed by atoms with Gasteiger partial charge in [0.05, 0.1) is 0 Å². The molecule has 0 radical (unpaired) electrons. The quantitative estimate of drug-likeness (QED) is 0.854. The van der Waals surface area contributed by atoms with Gasteiger partial charge in [0.1, 0.15) is 31.0 Å². The first-order valence-corrected chi connectivity index (χ1v) is 5.87. The number of halogens is 1. The van der Waals surface area contributed by atoms with Gasteiger partial charge in [-0.05, 0) is 31.2 Å². The highest BCUT2D eigenvalue weighted by molar-refractivity contribution is 9.10. The van der Waals surface area contributed by atoms with Crippen molar-refractivity contribution in [3.63, 3.8) is 0 Å². The minimum atomic E-state index is -0.0337. The Labute approximate surface area is 103 Å². The van der Waals surface area contributed by atoms with Crippen molar-refractivity contribution in [3.05, 3.63) is 40.8 Å². The van der Waals surface area contributed by atoms with Crippen LogP contribution in [0.3, 0.4) is 0 Å². The van der Waals surface area contributed by atoms with E-state index in [1.807, 2.05) is 31.2 Å². The monoisotopic (exact) mass is 284 g/mol. The first-order chi connectivity index (χ1) is 7.74. The van der Waals surface area contributed by atoms with Crippen LogP contribution in [-0.2, 0) is 9.47 Å². The van der Waals surface area contributed by atoms with Crippen LogP contribution >= 0.6 is 15.9 Å². The Morgan fingerprint density at radius 1 is 1.38 bits per heavy atom. The van der Waals surface area contributed by atoms with Crippen LogP contribution in [-0.4, -0.2) is 19.3 Å². The van der Waals surface area contributed by atoms with Gasteiger partial charge in [0.25, 0.3) is 0 Å². The van der Waals surface area contributed by atoms with Gasteiger partial charge in [0, 0.05) is 4.47 Å². The molecule has 0 aromatic heterocycles. The van der Waals surface area contributed by atoms with E-state index < -0.39 is 0 Å². The van der Waals surface area contributed by atoms with Gasteiger partial charge in [-0.3, -0.25) is 0 Å². The van der Waals surface area contributed by atoms with Gasteiger partial charge >= 0.3 is 0 Å². The summed E-state index contributed by atoms with van der Waals surface area (Å²) in [7, 11) is 0. The lowest BCUT2D eigenvalue weighted by Crippen LogP contribution is -2.28. The molecule has 1 atom stereocenters. The Bertz CT molecular complexity index is 372. The molecule has 0 N–H and O–H groups in total. The third-order valence-electron chi connectivity index (χ3n) is 2.13. The summed E-state index contributed by atoms with van der Waals surface area (Å²) in [6.45, 7) is 2.90. The molecule has 0 saturated carbocycles. The summed E-state index contributed by atoms with van der Waals surface area (Å²) in [5.41, 5.74) is 0. The molecule has 0 spiro atoms. The van der Waals surface area contributed by atoms with E-state index in [2.05, 4.69) is 15.9 Å². The molecule has 1 aliphatic rings. The molecule has 86 valence electrons. The molecule has 3 nitrogen and oxygen atoms in total. The summed E-state index contributed by atoms with van der Waals surface area (Å²) in [5.74, 6) is 1.62. The number of allylic oxidation sites excluding steroid dienone is 1. The Morgan fingerprint density at radius 3 is 2.81 bits per heavy atom. The second kappa shape index (κ2) is 5.25. The van der Waals surface area contributed by atoms with Crippen molar-refractivity contribution in [1.82, 2.24) is 0 Å². The lowest BCUT2D eigenvalue weighted by molar-refractivity contribution is -0.0115. The average molecular weight is 285 g/mol. The summed E-state index contributed by atoms with van der Waals surface area (Å²) in [6.07, 6.45) is 1.59. The maximum atomic E-state index is 5.60. The van der Waals surface area contributed by atoms with E-state index in [4.69, 9.17) is 14.2 Å². The van der Waals surface area contributed by atoms with E-state index in [0.717, 1.165) is 16.0 Å². The number of ether oxygens (including phenoxy) is 3. The van der Waals surface area contributed by atoms with Crippen LogP contribution in [0.1, 0.15) is 6.92 Å². The molecule has 0 fully saturated rings. The number of hydrogen-bond acceptors (Lipinski definition) is 3. The smallest absolute Gasteiger partial charge is 0.166 e. The maximum Gasteiger partial charge on any atom is 0.166 e. The molecule has 1 aromatic carbocycles. The van der Waals surface area contributed by atoms with Crippen molar-refractivity contribution >= 4 is 15.9 Å². The molecule has 4 heteroatoms. The zero-order valence-corrected chi connectivity index (χ0v) is 10.6. The van der Waals surface area contributed by atoms with Crippen LogP contribution in [0.4, 0.5) is 0 Å². The second-order valence-corrected chi connectivity index (χ2v) is 4.48. The van der Waals surface area contributed by atoms with Gasteiger partial charge < -0.3 is 14.2 Å². The van der Waals surface area contributed by atoms with Gasteiger partial charge in [-0.2, -0.15) is 0 Å². The van der Waals surface area contributed by atoms with E-state index in [9.17, 15) is 0 Å².